The third kappa shape index (κ3) is 2.55. The van der Waals surface area contributed by atoms with E-state index in [2.05, 4.69) is 0 Å². The van der Waals surface area contributed by atoms with Crippen molar-refractivity contribution in [2.45, 2.75) is 24.5 Å². The summed E-state index contributed by atoms with van der Waals surface area (Å²) in [6.45, 7) is 0.129. The Balaban J connectivity index is 1.95. The summed E-state index contributed by atoms with van der Waals surface area (Å²) in [5, 5.41) is 11.0. The van der Waals surface area contributed by atoms with Crippen LogP contribution in [0.1, 0.15) is 24.0 Å². The van der Waals surface area contributed by atoms with Gasteiger partial charge in [0.2, 0.25) is 0 Å². The van der Waals surface area contributed by atoms with Crippen molar-refractivity contribution in [3.63, 3.8) is 0 Å². The highest BCUT2D eigenvalue weighted by Crippen LogP contribution is 2.33. The molecule has 0 saturated heterocycles. The lowest BCUT2D eigenvalue weighted by atomic mass is 9.86. The Kier molecular flexibility index (Phi) is 3.47. The van der Waals surface area contributed by atoms with Crippen molar-refractivity contribution in [3.8, 4) is 5.75 Å². The van der Waals surface area contributed by atoms with Crippen molar-refractivity contribution >= 4 is 0 Å². The Morgan fingerprint density at radius 2 is 1.75 bits per heavy atom. The molecule has 1 aliphatic rings. The third-order valence-corrected chi connectivity index (χ3v) is 3.69. The van der Waals surface area contributed by atoms with Gasteiger partial charge in [-0.3, -0.25) is 0 Å². The molecule has 3 heteroatoms. The van der Waals surface area contributed by atoms with Gasteiger partial charge in [-0.2, -0.15) is 0 Å². The number of nitrogens with two attached hydrogens (primary N) is 1. The van der Waals surface area contributed by atoms with E-state index in [9.17, 15) is 5.11 Å². The molecule has 0 aromatic heterocycles. The Bertz CT molecular complexity index is 581. The molecule has 104 valence electrons. The van der Waals surface area contributed by atoms with Crippen LogP contribution in [0.3, 0.4) is 0 Å². The summed E-state index contributed by atoms with van der Waals surface area (Å²) in [5.74, 6) is 0.799. The fourth-order valence-corrected chi connectivity index (χ4v) is 2.32. The SMILES string of the molecule is NCC(O)(c1ccccc1)c1cccc(OC2CC2)c1. The van der Waals surface area contributed by atoms with Gasteiger partial charge in [0, 0.05) is 6.54 Å². The molecular formula is C17H19NO2. The van der Waals surface area contributed by atoms with Crippen molar-refractivity contribution < 1.29 is 9.84 Å². The smallest absolute Gasteiger partial charge is 0.127 e. The molecule has 0 spiro atoms. The Labute approximate surface area is 119 Å². The Morgan fingerprint density at radius 3 is 2.40 bits per heavy atom. The number of rotatable bonds is 5. The highest BCUT2D eigenvalue weighted by molar-refractivity contribution is 5.40. The predicted octanol–water partition coefficient (Wildman–Crippen LogP) is 2.42. The zero-order valence-corrected chi connectivity index (χ0v) is 11.3. The molecule has 1 aliphatic carbocycles. The van der Waals surface area contributed by atoms with E-state index < -0.39 is 5.60 Å². The standard InChI is InChI=1S/C17H19NO2/c18-12-17(19,13-5-2-1-3-6-13)14-7-4-8-16(11-14)20-15-9-10-15/h1-8,11,15,19H,9-10,12,18H2. The summed E-state index contributed by atoms with van der Waals surface area (Å²) in [7, 11) is 0. The Hall–Kier alpha value is -1.84. The first-order valence-electron chi connectivity index (χ1n) is 6.97. The van der Waals surface area contributed by atoms with Crippen LogP contribution < -0.4 is 10.5 Å². The summed E-state index contributed by atoms with van der Waals surface area (Å²) >= 11 is 0. The van der Waals surface area contributed by atoms with Crippen LogP contribution in [0.2, 0.25) is 0 Å². The van der Waals surface area contributed by atoms with E-state index in [-0.39, 0.29) is 6.54 Å². The first-order valence-corrected chi connectivity index (χ1v) is 6.97. The first-order chi connectivity index (χ1) is 9.72. The van der Waals surface area contributed by atoms with Crippen molar-refractivity contribution in [1.29, 1.82) is 0 Å². The largest absolute Gasteiger partial charge is 0.490 e. The molecule has 0 aliphatic heterocycles. The molecule has 2 aromatic carbocycles. The summed E-state index contributed by atoms with van der Waals surface area (Å²) in [5.41, 5.74) is 6.23. The lowest BCUT2D eigenvalue weighted by Crippen LogP contribution is -2.36. The summed E-state index contributed by atoms with van der Waals surface area (Å²) in [6.07, 6.45) is 2.57. The summed E-state index contributed by atoms with van der Waals surface area (Å²) in [6, 6.07) is 17.1. The quantitative estimate of drug-likeness (QED) is 0.876. The minimum absolute atomic E-state index is 0.129. The van der Waals surface area contributed by atoms with E-state index in [1.54, 1.807) is 0 Å². The maximum atomic E-state index is 11.0. The average molecular weight is 269 g/mol. The number of ether oxygens (including phenoxy) is 1. The second-order valence-electron chi connectivity index (χ2n) is 5.28. The molecule has 0 heterocycles. The highest BCUT2D eigenvalue weighted by Gasteiger charge is 2.31. The van der Waals surface area contributed by atoms with Crippen LogP contribution in [-0.4, -0.2) is 17.8 Å². The van der Waals surface area contributed by atoms with E-state index in [0.29, 0.717) is 6.10 Å². The minimum Gasteiger partial charge on any atom is -0.490 e. The molecule has 3 N–H and O–H groups in total. The van der Waals surface area contributed by atoms with Gasteiger partial charge in [0.25, 0.3) is 0 Å². The second-order valence-corrected chi connectivity index (χ2v) is 5.28. The van der Waals surface area contributed by atoms with Crippen LogP contribution in [0.25, 0.3) is 0 Å². The van der Waals surface area contributed by atoms with Crippen molar-refractivity contribution in [2.75, 3.05) is 6.54 Å². The van der Waals surface area contributed by atoms with E-state index in [1.807, 2.05) is 54.6 Å². The number of hydrogen-bond acceptors (Lipinski definition) is 3. The normalized spacial score (nSPS) is 17.5. The third-order valence-electron chi connectivity index (χ3n) is 3.69. The van der Waals surface area contributed by atoms with Crippen LogP contribution in [0, 0.1) is 0 Å². The van der Waals surface area contributed by atoms with E-state index in [0.717, 1.165) is 29.7 Å². The van der Waals surface area contributed by atoms with Crippen LogP contribution in [-0.2, 0) is 5.60 Å². The average Bonchev–Trinajstić information content (AvgIpc) is 3.31. The van der Waals surface area contributed by atoms with Crippen LogP contribution in [0.15, 0.2) is 54.6 Å². The fourth-order valence-electron chi connectivity index (χ4n) is 2.32. The van der Waals surface area contributed by atoms with E-state index in [4.69, 9.17) is 10.5 Å². The van der Waals surface area contributed by atoms with Gasteiger partial charge < -0.3 is 15.6 Å². The van der Waals surface area contributed by atoms with Crippen molar-refractivity contribution in [1.82, 2.24) is 0 Å². The number of aliphatic hydroxyl groups is 1. The maximum absolute atomic E-state index is 11.0. The molecule has 1 atom stereocenters. The molecular weight excluding hydrogens is 250 g/mol. The zero-order valence-electron chi connectivity index (χ0n) is 11.3. The number of hydrogen-bond donors (Lipinski definition) is 2. The monoisotopic (exact) mass is 269 g/mol. The van der Waals surface area contributed by atoms with Crippen LogP contribution in [0.4, 0.5) is 0 Å². The maximum Gasteiger partial charge on any atom is 0.127 e. The van der Waals surface area contributed by atoms with Gasteiger partial charge in [-0.25, -0.2) is 0 Å². The van der Waals surface area contributed by atoms with Gasteiger partial charge >= 0.3 is 0 Å². The van der Waals surface area contributed by atoms with E-state index in [1.165, 1.54) is 0 Å². The van der Waals surface area contributed by atoms with Gasteiger partial charge in [-0.1, -0.05) is 42.5 Å². The molecule has 1 saturated carbocycles. The second kappa shape index (κ2) is 5.27. The van der Waals surface area contributed by atoms with E-state index >= 15 is 0 Å². The summed E-state index contributed by atoms with van der Waals surface area (Å²) < 4.78 is 5.79. The van der Waals surface area contributed by atoms with Crippen molar-refractivity contribution in [2.24, 2.45) is 5.73 Å². The van der Waals surface area contributed by atoms with Gasteiger partial charge in [0.1, 0.15) is 11.4 Å². The Morgan fingerprint density at radius 1 is 1.05 bits per heavy atom. The van der Waals surface area contributed by atoms with Crippen LogP contribution >= 0.6 is 0 Å². The van der Waals surface area contributed by atoms with Crippen LogP contribution in [0.5, 0.6) is 5.75 Å². The molecule has 20 heavy (non-hydrogen) atoms. The predicted molar refractivity (Wildman–Crippen MR) is 78.6 cm³/mol. The minimum atomic E-state index is -1.18. The highest BCUT2D eigenvalue weighted by atomic mass is 16.5. The molecule has 3 rings (SSSR count). The molecule has 0 radical (unpaired) electrons. The van der Waals surface area contributed by atoms with Gasteiger partial charge in [0.05, 0.1) is 6.10 Å². The molecule has 0 bridgehead atoms. The molecule has 3 nitrogen and oxygen atoms in total. The molecule has 0 amide bonds. The lowest BCUT2D eigenvalue weighted by Gasteiger charge is -2.28. The van der Waals surface area contributed by atoms with Crippen molar-refractivity contribution in [3.05, 3.63) is 65.7 Å². The molecule has 1 unspecified atom stereocenters. The van der Waals surface area contributed by atoms with Gasteiger partial charge in [-0.05, 0) is 36.1 Å². The topological polar surface area (TPSA) is 55.5 Å². The molecule has 2 aromatic rings. The number of benzene rings is 2. The summed E-state index contributed by atoms with van der Waals surface area (Å²) in [4.78, 5) is 0. The lowest BCUT2D eigenvalue weighted by molar-refractivity contribution is 0.0898. The van der Waals surface area contributed by atoms with Gasteiger partial charge in [-0.15, -0.1) is 0 Å². The van der Waals surface area contributed by atoms with Gasteiger partial charge in [0.15, 0.2) is 0 Å². The zero-order chi connectivity index (χ0) is 14.0. The fraction of sp³-hybridized carbons (Fsp3) is 0.294. The first kappa shape index (κ1) is 13.2. The molecule has 1 fully saturated rings.